The molecule has 0 radical (unpaired) electrons. The lowest BCUT2D eigenvalue weighted by Crippen LogP contribution is -2.59. The summed E-state index contributed by atoms with van der Waals surface area (Å²) in [5.74, 6) is -1.52. The average Bonchev–Trinajstić information content (AvgIpc) is 4.10. The molecule has 7 rings (SSSR count). The Kier molecular flexibility index (Phi) is 11.4. The van der Waals surface area contributed by atoms with Crippen molar-refractivity contribution in [3.05, 3.63) is 66.7 Å². The molecule has 2 aromatic carbocycles. The number of rotatable bonds is 8. The molecule has 310 valence electrons. The van der Waals surface area contributed by atoms with E-state index < -0.39 is 74.3 Å². The minimum absolute atomic E-state index is 0.0139. The van der Waals surface area contributed by atoms with Crippen LogP contribution in [-0.4, -0.2) is 115 Å². The number of fused-ring (bicyclic) bond motifs is 3. The van der Waals surface area contributed by atoms with Crippen LogP contribution in [0.2, 0.25) is 0 Å². The van der Waals surface area contributed by atoms with Crippen molar-refractivity contribution in [1.29, 1.82) is 0 Å². The zero-order valence-corrected chi connectivity index (χ0v) is 34.3. The second kappa shape index (κ2) is 16.2. The first-order valence-electron chi connectivity index (χ1n) is 19.8. The van der Waals surface area contributed by atoms with Crippen LogP contribution in [0.5, 0.6) is 11.6 Å². The van der Waals surface area contributed by atoms with Gasteiger partial charge in [-0.15, -0.1) is 0 Å². The predicted octanol–water partition coefficient (Wildman–Crippen LogP) is 3.92. The highest BCUT2D eigenvalue weighted by Gasteiger charge is 2.62. The van der Waals surface area contributed by atoms with E-state index in [9.17, 15) is 27.6 Å². The maximum atomic E-state index is 14.7. The van der Waals surface area contributed by atoms with Gasteiger partial charge in [0.05, 0.1) is 24.6 Å². The van der Waals surface area contributed by atoms with E-state index >= 15 is 0 Å². The molecule has 15 nitrogen and oxygen atoms in total. The Labute approximate surface area is 338 Å². The number of carbonyl (C=O) groups excluding carboxylic acids is 4. The molecule has 2 aliphatic carbocycles. The Balaban J connectivity index is 1.24. The number of benzene rings is 2. The maximum absolute atomic E-state index is 14.7. The van der Waals surface area contributed by atoms with Crippen LogP contribution in [0.15, 0.2) is 66.7 Å². The summed E-state index contributed by atoms with van der Waals surface area (Å²) in [7, 11) is -0.483. The van der Waals surface area contributed by atoms with Crippen LogP contribution in [0.3, 0.4) is 0 Å². The number of hydrogen-bond acceptors (Lipinski definition) is 11. The quantitative estimate of drug-likeness (QED) is 0.280. The lowest BCUT2D eigenvalue weighted by molar-refractivity contribution is -0.141. The third-order valence-corrected chi connectivity index (χ3v) is 12.7. The smallest absolute Gasteiger partial charge is 0.408 e. The van der Waals surface area contributed by atoms with E-state index in [0.29, 0.717) is 49.1 Å². The molecule has 3 N–H and O–H groups in total. The van der Waals surface area contributed by atoms with Gasteiger partial charge in [-0.25, -0.2) is 18.2 Å². The third kappa shape index (κ3) is 9.23. The number of sulfonamides is 1. The molecule has 2 saturated carbocycles. The molecule has 3 aromatic rings. The molecule has 3 fully saturated rings. The first-order chi connectivity index (χ1) is 27.5. The second-order valence-electron chi connectivity index (χ2n) is 16.7. The topological polar surface area (TPSA) is 186 Å². The molecule has 5 atom stereocenters. The van der Waals surface area contributed by atoms with E-state index in [0.717, 1.165) is 10.9 Å². The van der Waals surface area contributed by atoms with Crippen molar-refractivity contribution in [3.8, 4) is 22.9 Å². The number of likely N-dealkylation sites (N-methyl/N-ethyl adjacent to an activating group) is 1. The van der Waals surface area contributed by atoms with E-state index in [2.05, 4.69) is 15.4 Å². The zero-order valence-electron chi connectivity index (χ0n) is 33.5. The molecular weight excluding hydrogens is 765 g/mol. The fraction of sp³-hybridized carbons (Fsp3) is 0.500. The summed E-state index contributed by atoms with van der Waals surface area (Å²) in [6.45, 7) is 5.82. The summed E-state index contributed by atoms with van der Waals surface area (Å²) >= 11 is 0. The Morgan fingerprint density at radius 2 is 1.79 bits per heavy atom. The molecule has 4 amide bonds. The second-order valence-corrected chi connectivity index (χ2v) is 18.7. The van der Waals surface area contributed by atoms with Crippen molar-refractivity contribution in [2.45, 2.75) is 93.9 Å². The average molecular weight is 817 g/mol. The molecule has 0 unspecified atom stereocenters. The van der Waals surface area contributed by atoms with Crippen LogP contribution in [0.25, 0.3) is 22.0 Å². The number of alkyl carbamates (subject to hydrolysis) is 1. The summed E-state index contributed by atoms with van der Waals surface area (Å²) in [6.07, 6.45) is 4.71. The lowest BCUT2D eigenvalue weighted by Gasteiger charge is -2.32. The van der Waals surface area contributed by atoms with E-state index in [-0.39, 0.29) is 31.8 Å². The highest BCUT2D eigenvalue weighted by atomic mass is 32.2. The number of amides is 4. The predicted molar refractivity (Wildman–Crippen MR) is 216 cm³/mol. The number of nitrogens with zero attached hydrogens (tertiary/aromatic N) is 3. The molecule has 16 heteroatoms. The number of hydrogen-bond donors (Lipinski definition) is 3. The number of allylic oxidation sites excluding steroid dienone is 1. The Morgan fingerprint density at radius 1 is 1.03 bits per heavy atom. The first kappa shape index (κ1) is 41.0. The van der Waals surface area contributed by atoms with E-state index in [1.54, 1.807) is 33.9 Å². The number of methoxy groups -OCH3 is 1. The Morgan fingerprint density at radius 3 is 2.50 bits per heavy atom. The van der Waals surface area contributed by atoms with Gasteiger partial charge in [0.2, 0.25) is 27.7 Å². The Bertz CT molecular complexity index is 2210. The number of pyridine rings is 1. The van der Waals surface area contributed by atoms with Crippen molar-refractivity contribution in [1.82, 2.24) is 30.1 Å². The summed E-state index contributed by atoms with van der Waals surface area (Å²) in [5.41, 5.74) is -0.873. The van der Waals surface area contributed by atoms with Gasteiger partial charge in [0, 0.05) is 29.8 Å². The van der Waals surface area contributed by atoms with E-state index in [1.807, 2.05) is 72.6 Å². The molecule has 4 aliphatic rings. The number of ether oxygens (including phenoxy) is 3. The molecule has 0 spiro atoms. The van der Waals surface area contributed by atoms with Crippen LogP contribution >= 0.6 is 0 Å². The molecule has 2 aliphatic heterocycles. The SMILES string of the molecule is COc1ccc2c(O[C@@H]3C[C@H]4C(=O)N[C@]5(C(=O)NS(=O)(=O)C6CC6)C[C@H]5/C=C\CCCN(C)C[C@H](NC(=O)OC(C)(C)C)C(=O)N4C3)nc(-c3ccccc3)cc2c1. The summed E-state index contributed by atoms with van der Waals surface area (Å²) in [5, 5.41) is 6.49. The van der Waals surface area contributed by atoms with Crippen LogP contribution in [0, 0.1) is 5.92 Å². The lowest BCUT2D eigenvalue weighted by atomic mass is 10.1. The van der Waals surface area contributed by atoms with Gasteiger partial charge in [-0.2, -0.15) is 0 Å². The van der Waals surface area contributed by atoms with E-state index in [4.69, 9.17) is 19.2 Å². The molecule has 3 heterocycles. The van der Waals surface area contributed by atoms with Crippen LogP contribution < -0.4 is 24.8 Å². The van der Waals surface area contributed by atoms with Gasteiger partial charge < -0.3 is 34.6 Å². The van der Waals surface area contributed by atoms with E-state index in [1.165, 1.54) is 4.90 Å². The number of aromatic nitrogens is 1. The normalized spacial score (nSPS) is 26.3. The van der Waals surface area contributed by atoms with Gasteiger partial charge in [0.15, 0.2) is 0 Å². The van der Waals surface area contributed by atoms with Crippen LogP contribution in [0.1, 0.15) is 59.3 Å². The van der Waals surface area contributed by atoms with Gasteiger partial charge in [0.1, 0.15) is 35.1 Å². The van der Waals surface area contributed by atoms with Crippen molar-refractivity contribution in [2.24, 2.45) is 5.92 Å². The first-order valence-corrected chi connectivity index (χ1v) is 21.3. The van der Waals surface area contributed by atoms with Crippen LogP contribution in [-0.2, 0) is 29.1 Å². The van der Waals surface area contributed by atoms with Gasteiger partial charge in [-0.05, 0) is 96.1 Å². The van der Waals surface area contributed by atoms with Gasteiger partial charge >= 0.3 is 6.09 Å². The third-order valence-electron chi connectivity index (χ3n) is 10.9. The minimum Gasteiger partial charge on any atom is -0.497 e. The van der Waals surface area contributed by atoms with Gasteiger partial charge in [0.25, 0.3) is 5.91 Å². The summed E-state index contributed by atoms with van der Waals surface area (Å²) < 4.78 is 45.8. The molecule has 1 saturated heterocycles. The Hall–Kier alpha value is -5.22. The molecule has 58 heavy (non-hydrogen) atoms. The fourth-order valence-electron chi connectivity index (χ4n) is 7.66. The zero-order chi connectivity index (χ0) is 41.4. The van der Waals surface area contributed by atoms with Crippen molar-refractivity contribution in [2.75, 3.05) is 33.8 Å². The molecule has 0 bridgehead atoms. The number of nitrogens with one attached hydrogen (secondary N) is 3. The monoisotopic (exact) mass is 816 g/mol. The van der Waals surface area contributed by atoms with Crippen molar-refractivity contribution in [3.63, 3.8) is 0 Å². The number of carbonyl (C=O) groups is 4. The molecule has 1 aromatic heterocycles. The van der Waals surface area contributed by atoms with Crippen molar-refractivity contribution < 1.29 is 41.8 Å². The summed E-state index contributed by atoms with van der Waals surface area (Å²) in [6, 6.07) is 14.8. The molecular formula is C42H52N6O9S. The summed E-state index contributed by atoms with van der Waals surface area (Å²) in [4.78, 5) is 64.5. The largest absolute Gasteiger partial charge is 0.497 e. The highest BCUT2D eigenvalue weighted by molar-refractivity contribution is 7.91. The van der Waals surface area contributed by atoms with Gasteiger partial charge in [-0.3, -0.25) is 19.1 Å². The fourth-order valence-corrected chi connectivity index (χ4v) is 9.02. The van der Waals surface area contributed by atoms with Crippen molar-refractivity contribution >= 4 is 44.6 Å². The van der Waals surface area contributed by atoms with Crippen LogP contribution in [0.4, 0.5) is 4.79 Å². The standard InChI is InChI=1S/C42H52N6O9S/c1-41(2,3)57-40(52)44-34-25-47(4)19-11-7-10-14-28-23-42(28,39(51)46-58(53,54)31-16-17-31)45-36(49)35-22-30(24-48(35)38(34)50)56-37-32-18-15-29(55-5)20-27(32)21-33(43-37)26-12-8-6-9-13-26/h6,8-10,12-15,18,20-21,28,30-31,34-35H,7,11,16-17,19,22-25H2,1-5H3,(H,44,52)(H,45,49)(H,46,51)/b14-10-/t28-,30-,34+,35+,42-/m1/s1. The maximum Gasteiger partial charge on any atom is 0.408 e. The highest BCUT2D eigenvalue weighted by Crippen LogP contribution is 2.46. The van der Waals surface area contributed by atoms with Gasteiger partial charge in [-0.1, -0.05) is 42.5 Å². The minimum atomic E-state index is -3.92.